The van der Waals surface area contributed by atoms with Gasteiger partial charge in [-0.3, -0.25) is 14.4 Å². The number of ketones is 1. The molecule has 2 aliphatic carbocycles. The minimum Gasteiger partial charge on any atom is -0.298 e. The number of benzene rings is 5. The highest BCUT2D eigenvalue weighted by Crippen LogP contribution is 2.77. The molecule has 3 aliphatic rings. The molecular formula is C39H28BrNO3. The Hall–Kier alpha value is -4.61. The van der Waals surface area contributed by atoms with Crippen molar-refractivity contribution in [2.24, 2.45) is 11.8 Å². The number of Topliss-reactive ketones (excluding diaryl/α,β-unsaturated/α-hetero) is 1. The Labute approximate surface area is 264 Å². The number of anilines is 1. The molecule has 8 rings (SSSR count). The van der Waals surface area contributed by atoms with E-state index in [1.54, 1.807) is 6.07 Å². The highest BCUT2D eigenvalue weighted by Gasteiger charge is 2.86. The Morgan fingerprint density at radius 1 is 0.455 bits per heavy atom. The number of hydrogen-bond donors (Lipinski definition) is 0. The van der Waals surface area contributed by atoms with Crippen molar-refractivity contribution < 1.29 is 14.4 Å². The van der Waals surface area contributed by atoms with Crippen LogP contribution in [0.15, 0.2) is 150 Å². The summed E-state index contributed by atoms with van der Waals surface area (Å²) in [4.78, 5) is 47.2. The van der Waals surface area contributed by atoms with Crippen molar-refractivity contribution in [2.45, 2.75) is 22.7 Å². The summed E-state index contributed by atoms with van der Waals surface area (Å²) < 4.78 is 0.655. The van der Waals surface area contributed by atoms with Gasteiger partial charge in [-0.2, -0.15) is 0 Å². The summed E-state index contributed by atoms with van der Waals surface area (Å²) in [5.41, 5.74) is 1.45. The van der Waals surface area contributed by atoms with Crippen LogP contribution >= 0.6 is 15.9 Å². The van der Waals surface area contributed by atoms with Gasteiger partial charge in [-0.15, -0.1) is 0 Å². The molecule has 1 aliphatic heterocycles. The third kappa shape index (κ3) is 3.31. The molecule has 44 heavy (non-hydrogen) atoms. The maximum atomic E-state index is 15.9. The van der Waals surface area contributed by atoms with Gasteiger partial charge in [-0.25, -0.2) is 4.90 Å². The van der Waals surface area contributed by atoms with E-state index in [-0.39, 0.29) is 17.6 Å². The molecule has 0 radical (unpaired) electrons. The fourth-order valence-electron chi connectivity index (χ4n) is 8.92. The van der Waals surface area contributed by atoms with Crippen LogP contribution in [0.25, 0.3) is 0 Å². The molecule has 5 aromatic carbocycles. The molecule has 3 fully saturated rings. The number of halogens is 1. The second-order valence-electron chi connectivity index (χ2n) is 12.0. The van der Waals surface area contributed by atoms with Crippen LogP contribution in [0.5, 0.6) is 0 Å². The van der Waals surface area contributed by atoms with Crippen molar-refractivity contribution in [1.29, 1.82) is 0 Å². The van der Waals surface area contributed by atoms with Crippen molar-refractivity contribution >= 4 is 39.2 Å². The molecule has 4 nitrogen and oxygen atoms in total. The number of carbonyl (C=O) groups is 3. The lowest BCUT2D eigenvalue weighted by atomic mass is 9.52. The zero-order valence-electron chi connectivity index (χ0n) is 23.7. The summed E-state index contributed by atoms with van der Waals surface area (Å²) in [6.07, 6.45) is 0. The van der Waals surface area contributed by atoms with Gasteiger partial charge in [0.2, 0.25) is 11.8 Å². The quantitative estimate of drug-likeness (QED) is 0.187. The Morgan fingerprint density at radius 2 is 0.818 bits per heavy atom. The monoisotopic (exact) mass is 637 g/mol. The van der Waals surface area contributed by atoms with E-state index < -0.39 is 34.5 Å². The Kier molecular flexibility index (Phi) is 6.11. The van der Waals surface area contributed by atoms with Crippen LogP contribution in [-0.4, -0.2) is 17.6 Å². The molecule has 5 heteroatoms. The average molecular weight is 639 g/mol. The molecule has 214 valence electrons. The van der Waals surface area contributed by atoms with E-state index in [1.807, 2.05) is 115 Å². The SMILES string of the molecule is O=C1[C@H]2[C@H](C(=O)N1c1ccccc1Br)[C@]1(c3ccccc3)C(=O)[C@]2(c2ccccc2)[C@@H](c2ccccc2)[C@@H]1c1ccccc1. The number of nitrogens with zero attached hydrogens (tertiary/aromatic N) is 1. The van der Waals surface area contributed by atoms with Crippen molar-refractivity contribution in [2.75, 3.05) is 4.90 Å². The minimum absolute atomic E-state index is 0.0476. The topological polar surface area (TPSA) is 54.5 Å². The molecule has 2 amide bonds. The number of rotatable bonds is 5. The number of imide groups is 1. The molecule has 5 aromatic rings. The first kappa shape index (κ1) is 27.0. The Morgan fingerprint density at radius 3 is 1.23 bits per heavy atom. The summed E-state index contributed by atoms with van der Waals surface area (Å²) >= 11 is 3.60. The van der Waals surface area contributed by atoms with Crippen LogP contribution in [0.2, 0.25) is 0 Å². The minimum atomic E-state index is -1.29. The Balaban J connectivity index is 1.53. The molecule has 0 spiro atoms. The van der Waals surface area contributed by atoms with Gasteiger partial charge in [0.1, 0.15) is 0 Å². The normalized spacial score (nSPS) is 28.8. The first-order valence-corrected chi connectivity index (χ1v) is 15.7. The van der Waals surface area contributed by atoms with Crippen molar-refractivity contribution in [1.82, 2.24) is 0 Å². The number of carbonyl (C=O) groups excluding carboxylic acids is 3. The van der Waals surface area contributed by atoms with E-state index in [0.717, 1.165) is 22.3 Å². The van der Waals surface area contributed by atoms with Gasteiger partial charge in [0.25, 0.3) is 0 Å². The lowest BCUT2D eigenvalue weighted by Gasteiger charge is -2.46. The van der Waals surface area contributed by atoms with Crippen LogP contribution in [0.4, 0.5) is 5.69 Å². The van der Waals surface area contributed by atoms with Gasteiger partial charge >= 0.3 is 0 Å². The fraction of sp³-hybridized carbons (Fsp3) is 0.154. The van der Waals surface area contributed by atoms with Gasteiger partial charge < -0.3 is 0 Å². The maximum absolute atomic E-state index is 15.9. The summed E-state index contributed by atoms with van der Waals surface area (Å²) in [6, 6.07) is 47.0. The van der Waals surface area contributed by atoms with Crippen molar-refractivity contribution in [3.8, 4) is 0 Å². The lowest BCUT2D eigenvalue weighted by Crippen LogP contribution is -2.49. The van der Waals surface area contributed by atoms with Gasteiger partial charge in [0.05, 0.1) is 28.4 Å². The van der Waals surface area contributed by atoms with Crippen LogP contribution in [-0.2, 0) is 25.2 Å². The second kappa shape index (κ2) is 9.96. The summed E-state index contributed by atoms with van der Waals surface area (Å²) in [5.74, 6) is -3.28. The van der Waals surface area contributed by atoms with Crippen molar-refractivity contribution in [3.63, 3.8) is 0 Å². The first-order chi connectivity index (χ1) is 21.5. The van der Waals surface area contributed by atoms with E-state index in [4.69, 9.17) is 0 Å². The lowest BCUT2D eigenvalue weighted by molar-refractivity contribution is -0.131. The molecule has 2 saturated carbocycles. The first-order valence-electron chi connectivity index (χ1n) is 14.9. The molecule has 0 aromatic heterocycles. The maximum Gasteiger partial charge on any atom is 0.239 e. The third-order valence-electron chi connectivity index (χ3n) is 10.3. The summed E-state index contributed by atoms with van der Waals surface area (Å²) in [6.45, 7) is 0. The van der Waals surface area contributed by atoms with Gasteiger partial charge in [0.15, 0.2) is 5.78 Å². The van der Waals surface area contributed by atoms with E-state index >= 15 is 4.79 Å². The van der Waals surface area contributed by atoms with Crippen LogP contribution in [0, 0.1) is 11.8 Å². The highest BCUT2D eigenvalue weighted by molar-refractivity contribution is 9.10. The molecule has 2 bridgehead atoms. The smallest absolute Gasteiger partial charge is 0.239 e. The van der Waals surface area contributed by atoms with Gasteiger partial charge in [-0.1, -0.05) is 133 Å². The number of para-hydroxylation sites is 1. The zero-order chi connectivity index (χ0) is 30.1. The molecule has 0 unspecified atom stereocenters. The second-order valence-corrected chi connectivity index (χ2v) is 12.8. The predicted octanol–water partition coefficient (Wildman–Crippen LogP) is 7.59. The van der Waals surface area contributed by atoms with E-state index in [9.17, 15) is 9.59 Å². The molecule has 1 heterocycles. The van der Waals surface area contributed by atoms with E-state index in [2.05, 4.69) is 40.2 Å². The Bertz CT molecular complexity index is 1800. The highest BCUT2D eigenvalue weighted by atomic mass is 79.9. The van der Waals surface area contributed by atoms with Gasteiger partial charge in [-0.05, 0) is 50.3 Å². The number of fused-ring (bicyclic) bond motifs is 5. The van der Waals surface area contributed by atoms with Crippen molar-refractivity contribution in [3.05, 3.63) is 172 Å². The summed E-state index contributed by atoms with van der Waals surface area (Å²) in [7, 11) is 0. The number of amides is 2. The van der Waals surface area contributed by atoms with E-state index in [1.165, 1.54) is 4.90 Å². The van der Waals surface area contributed by atoms with E-state index in [0.29, 0.717) is 10.2 Å². The predicted molar refractivity (Wildman–Crippen MR) is 173 cm³/mol. The summed E-state index contributed by atoms with van der Waals surface area (Å²) in [5, 5.41) is 0. The third-order valence-corrected chi connectivity index (χ3v) is 10.9. The largest absolute Gasteiger partial charge is 0.298 e. The molecular weight excluding hydrogens is 610 g/mol. The van der Waals surface area contributed by atoms with Crippen LogP contribution in [0.1, 0.15) is 34.1 Å². The molecule has 0 N–H and O–H groups in total. The fourth-order valence-corrected chi connectivity index (χ4v) is 9.38. The number of hydrogen-bond acceptors (Lipinski definition) is 3. The van der Waals surface area contributed by atoms with Gasteiger partial charge in [0, 0.05) is 16.3 Å². The molecule has 1 saturated heterocycles. The molecule has 6 atom stereocenters. The standard InChI is InChI=1S/C39H28BrNO3/c40-29-23-13-14-24-30(29)41-35(42)33-34(36(41)43)39(28-21-11-4-12-22-28)32(26-17-7-2-8-18-26)31(25-15-5-1-6-16-25)38(33,37(39)44)27-19-9-3-10-20-27/h1-24,31-34H/t31-,32-,33+,34+,38+,39+/m0/s1. The van der Waals surface area contributed by atoms with Crippen LogP contribution < -0.4 is 4.90 Å². The zero-order valence-corrected chi connectivity index (χ0v) is 25.3. The van der Waals surface area contributed by atoms with Crippen LogP contribution in [0.3, 0.4) is 0 Å². The average Bonchev–Trinajstić information content (AvgIpc) is 3.59.